The van der Waals surface area contributed by atoms with Crippen molar-refractivity contribution in [1.29, 1.82) is 0 Å². The summed E-state index contributed by atoms with van der Waals surface area (Å²) in [4.78, 5) is 31.5. The van der Waals surface area contributed by atoms with Crippen molar-refractivity contribution in [3.8, 4) is 0 Å². The number of unbranched alkanes of at least 4 members (excludes halogenated alkanes) is 1. The zero-order valence-corrected chi connectivity index (χ0v) is 25.8. The maximum atomic E-state index is 13.5. The number of aliphatic imine (C=N–C) groups is 1. The molecule has 14 heteroatoms. The second-order valence-corrected chi connectivity index (χ2v) is 12.2. The van der Waals surface area contributed by atoms with Gasteiger partial charge in [0.2, 0.25) is 6.17 Å². The van der Waals surface area contributed by atoms with Crippen molar-refractivity contribution in [3.63, 3.8) is 0 Å². The second-order valence-electron chi connectivity index (χ2n) is 9.26. The fourth-order valence-corrected chi connectivity index (χ4v) is 5.67. The van der Waals surface area contributed by atoms with E-state index in [0.29, 0.717) is 44.8 Å². The van der Waals surface area contributed by atoms with E-state index in [0.717, 1.165) is 12.8 Å². The Balaban J connectivity index is 1.53. The van der Waals surface area contributed by atoms with Crippen LogP contribution >= 0.6 is 35.4 Å². The van der Waals surface area contributed by atoms with Crippen molar-refractivity contribution in [1.82, 2.24) is 15.4 Å². The topological polar surface area (TPSA) is 132 Å². The Morgan fingerprint density at radius 2 is 1.76 bits per heavy atom. The molecule has 1 atom stereocenters. The molecule has 3 aromatic rings. The Morgan fingerprint density at radius 1 is 1.05 bits per heavy atom. The van der Waals surface area contributed by atoms with Crippen LogP contribution in [0.3, 0.4) is 0 Å². The molecule has 0 aliphatic carbocycles. The number of thiocarbonyl (C=S) groups is 1. The van der Waals surface area contributed by atoms with Gasteiger partial charge in [0.05, 0.1) is 16.3 Å². The van der Waals surface area contributed by atoms with E-state index in [9.17, 15) is 18.0 Å². The van der Waals surface area contributed by atoms with Gasteiger partial charge in [0.1, 0.15) is 0 Å². The van der Waals surface area contributed by atoms with Crippen molar-refractivity contribution in [2.75, 3.05) is 23.8 Å². The fourth-order valence-electron chi connectivity index (χ4n) is 4.11. The Morgan fingerprint density at radius 3 is 2.45 bits per heavy atom. The third kappa shape index (κ3) is 7.37. The minimum absolute atomic E-state index is 0.0667. The summed E-state index contributed by atoms with van der Waals surface area (Å²) >= 11 is 18.3. The van der Waals surface area contributed by atoms with E-state index in [4.69, 9.17) is 40.4 Å². The molecule has 0 saturated heterocycles. The van der Waals surface area contributed by atoms with Gasteiger partial charge in [-0.1, -0.05) is 54.7 Å². The van der Waals surface area contributed by atoms with E-state index in [1.807, 2.05) is 17.7 Å². The molecular weight excluding hydrogens is 619 g/mol. The zero-order chi connectivity index (χ0) is 30.4. The molecule has 3 aromatic carbocycles. The summed E-state index contributed by atoms with van der Waals surface area (Å²) in [5.74, 6) is -0.380. The number of likely N-dealkylation sites (N-methyl/N-ethyl adjacent to an activating group) is 1. The number of nitrogens with zero attached hydrogens (tertiary/aromatic N) is 2. The zero-order valence-electron chi connectivity index (χ0n) is 22.6. The van der Waals surface area contributed by atoms with Gasteiger partial charge < -0.3 is 20.9 Å². The third-order valence-electron chi connectivity index (χ3n) is 6.26. The van der Waals surface area contributed by atoms with Gasteiger partial charge >= 0.3 is 6.03 Å². The van der Waals surface area contributed by atoms with Gasteiger partial charge in [0.25, 0.3) is 15.9 Å². The van der Waals surface area contributed by atoms with Gasteiger partial charge in [0.15, 0.2) is 5.11 Å². The van der Waals surface area contributed by atoms with Crippen LogP contribution in [-0.4, -0.2) is 50.9 Å². The van der Waals surface area contributed by atoms with E-state index in [1.165, 1.54) is 29.2 Å². The molecule has 1 unspecified atom stereocenters. The quantitative estimate of drug-likeness (QED) is 0.202. The highest BCUT2D eigenvalue weighted by Crippen LogP contribution is 2.31. The first-order valence-electron chi connectivity index (χ1n) is 12.9. The highest BCUT2D eigenvalue weighted by atomic mass is 35.5. The average molecular weight is 648 g/mol. The summed E-state index contributed by atoms with van der Waals surface area (Å²) in [6.07, 6.45) is 0.474. The molecule has 4 N–H and O–H groups in total. The van der Waals surface area contributed by atoms with Gasteiger partial charge in [0, 0.05) is 40.5 Å². The van der Waals surface area contributed by atoms with E-state index >= 15 is 0 Å². The van der Waals surface area contributed by atoms with Crippen LogP contribution < -0.4 is 25.6 Å². The van der Waals surface area contributed by atoms with E-state index in [-0.39, 0.29) is 15.9 Å². The number of hydrogen-bond acceptors (Lipinski definition) is 6. The molecule has 0 aromatic heterocycles. The highest BCUT2D eigenvalue weighted by Gasteiger charge is 2.31. The minimum Gasteiger partial charge on any atom is -0.337 e. The SMILES string of the molecule is CCCCNC(=O)NS(=O)(=O)c1ccc(NC(=S)NC2N=C(c3ccccc3Cl)c3cc(Cl)ccc3N(C)C2=O)cc1. The van der Waals surface area contributed by atoms with E-state index in [2.05, 4.69) is 16.0 Å². The number of halogens is 2. The van der Waals surface area contributed by atoms with Crippen molar-refractivity contribution >= 4 is 79.6 Å². The van der Waals surface area contributed by atoms with E-state index in [1.54, 1.807) is 43.4 Å². The van der Waals surface area contributed by atoms with Crippen LogP contribution in [0.2, 0.25) is 10.0 Å². The van der Waals surface area contributed by atoms with Crippen LogP contribution in [0.4, 0.5) is 16.2 Å². The molecule has 0 radical (unpaired) electrons. The number of benzene rings is 3. The summed E-state index contributed by atoms with van der Waals surface area (Å²) in [5, 5.41) is 9.35. The Labute approximate surface area is 259 Å². The lowest BCUT2D eigenvalue weighted by Gasteiger charge is -2.22. The maximum absolute atomic E-state index is 13.5. The molecule has 1 aliphatic rings. The Hall–Kier alpha value is -3.71. The molecule has 1 heterocycles. The molecule has 4 rings (SSSR count). The number of urea groups is 1. The molecule has 10 nitrogen and oxygen atoms in total. The summed E-state index contributed by atoms with van der Waals surface area (Å²) in [7, 11) is -2.45. The standard InChI is InChI=1S/C28H28Cl2N6O4S2/c1-3-4-15-31-27(38)35-42(39,40)19-12-10-18(11-13-19)32-28(41)34-25-26(37)36(2)23-14-9-17(29)16-21(23)24(33-25)20-7-5-6-8-22(20)30/h5-14,16,25H,3-4,15H2,1-2H3,(H2,31,35,38)(H2,32,34,41). The first kappa shape index (κ1) is 31.2. The lowest BCUT2D eigenvalue weighted by molar-refractivity contribution is -0.119. The second kappa shape index (κ2) is 13.5. The van der Waals surface area contributed by atoms with E-state index < -0.39 is 22.2 Å². The molecule has 42 heavy (non-hydrogen) atoms. The number of fused-ring (bicyclic) bond motifs is 1. The van der Waals surface area contributed by atoms with Gasteiger partial charge in [-0.15, -0.1) is 0 Å². The predicted octanol–water partition coefficient (Wildman–Crippen LogP) is 4.91. The maximum Gasteiger partial charge on any atom is 0.328 e. The van der Waals surface area contributed by atoms with Gasteiger partial charge in [-0.25, -0.2) is 22.9 Å². The number of amides is 3. The number of nitrogens with one attached hydrogen (secondary N) is 4. The Kier molecular flexibility index (Phi) is 10.0. The first-order chi connectivity index (χ1) is 20.0. The van der Waals surface area contributed by atoms with Crippen molar-refractivity contribution in [2.45, 2.75) is 30.8 Å². The largest absolute Gasteiger partial charge is 0.337 e. The van der Waals surface area contributed by atoms with Crippen molar-refractivity contribution < 1.29 is 18.0 Å². The smallest absolute Gasteiger partial charge is 0.328 e. The molecule has 1 aliphatic heterocycles. The number of carbonyl (C=O) groups excluding carboxylic acids is 2. The minimum atomic E-state index is -4.07. The summed E-state index contributed by atoms with van der Waals surface area (Å²) < 4.78 is 27.1. The van der Waals surface area contributed by atoms with Crippen LogP contribution in [-0.2, 0) is 14.8 Å². The molecule has 0 fully saturated rings. The number of carbonyl (C=O) groups is 2. The molecule has 220 valence electrons. The van der Waals surface area contributed by atoms with Gasteiger partial charge in [-0.05, 0) is 67.2 Å². The van der Waals surface area contributed by atoms with Crippen LogP contribution in [0.25, 0.3) is 0 Å². The molecular formula is C28H28Cl2N6O4S2. The number of anilines is 2. The normalized spacial score (nSPS) is 14.8. The van der Waals surface area contributed by atoms with Gasteiger partial charge in [-0.3, -0.25) is 4.79 Å². The number of sulfonamides is 1. The van der Waals surface area contributed by atoms with Crippen LogP contribution in [0.1, 0.15) is 30.9 Å². The molecule has 0 saturated carbocycles. The third-order valence-corrected chi connectivity index (χ3v) is 8.39. The first-order valence-corrected chi connectivity index (χ1v) is 15.5. The monoisotopic (exact) mass is 646 g/mol. The summed E-state index contributed by atoms with van der Waals surface area (Å²) in [5.41, 5.74) is 2.73. The summed E-state index contributed by atoms with van der Waals surface area (Å²) in [6, 6.07) is 17.1. The average Bonchev–Trinajstić information content (AvgIpc) is 3.04. The van der Waals surface area contributed by atoms with Crippen LogP contribution in [0.5, 0.6) is 0 Å². The van der Waals surface area contributed by atoms with Crippen molar-refractivity contribution in [2.24, 2.45) is 4.99 Å². The predicted molar refractivity (Wildman–Crippen MR) is 170 cm³/mol. The molecule has 0 bridgehead atoms. The Bertz CT molecular complexity index is 1650. The van der Waals surface area contributed by atoms with Crippen LogP contribution in [0.15, 0.2) is 76.6 Å². The molecule has 3 amide bonds. The van der Waals surface area contributed by atoms with Crippen LogP contribution in [0, 0.1) is 0 Å². The van der Waals surface area contributed by atoms with Crippen molar-refractivity contribution in [3.05, 3.63) is 87.9 Å². The fraction of sp³-hybridized carbons (Fsp3) is 0.214. The number of benzodiazepines with no additional fused rings is 1. The number of hydrogen-bond donors (Lipinski definition) is 4. The number of rotatable bonds is 8. The summed E-state index contributed by atoms with van der Waals surface area (Å²) in [6.45, 7) is 2.33. The van der Waals surface area contributed by atoms with Gasteiger partial charge in [-0.2, -0.15) is 0 Å². The lowest BCUT2D eigenvalue weighted by Crippen LogP contribution is -2.47. The lowest BCUT2D eigenvalue weighted by atomic mass is 10.00. The highest BCUT2D eigenvalue weighted by molar-refractivity contribution is 7.90. The molecule has 0 spiro atoms.